The zero-order valence-electron chi connectivity index (χ0n) is 17.3. The number of hydrogen-bond acceptors (Lipinski definition) is 6. The maximum atomic E-state index is 13.2. The summed E-state index contributed by atoms with van der Waals surface area (Å²) < 4.78 is 11.9. The number of aromatic nitrogens is 1. The standard InChI is InChI=1S/C22H27N3O3S/c1-5-28-17-11-9-16(10-12-17)15-20(26)25(14-13-24(2)3)22-23-21-18(27-4)7-6-8-19(21)29-22/h6-12H,5,13-15H2,1-4H3. The summed E-state index contributed by atoms with van der Waals surface area (Å²) in [6.07, 6.45) is 0.312. The van der Waals surface area contributed by atoms with Gasteiger partial charge in [0.15, 0.2) is 5.13 Å². The highest BCUT2D eigenvalue weighted by Crippen LogP contribution is 2.34. The third kappa shape index (κ3) is 5.25. The van der Waals surface area contributed by atoms with Crippen LogP contribution in [-0.4, -0.2) is 56.7 Å². The van der Waals surface area contributed by atoms with Crippen molar-refractivity contribution in [1.29, 1.82) is 0 Å². The fourth-order valence-electron chi connectivity index (χ4n) is 2.96. The van der Waals surface area contributed by atoms with Gasteiger partial charge in [-0.15, -0.1) is 0 Å². The molecule has 0 aliphatic carbocycles. The van der Waals surface area contributed by atoms with E-state index < -0.39 is 0 Å². The summed E-state index contributed by atoms with van der Waals surface area (Å²) in [5, 5.41) is 0.697. The van der Waals surface area contributed by atoms with Gasteiger partial charge in [-0.2, -0.15) is 0 Å². The molecule has 3 rings (SSSR count). The van der Waals surface area contributed by atoms with E-state index in [4.69, 9.17) is 14.5 Å². The van der Waals surface area contributed by atoms with Crippen LogP contribution in [0.25, 0.3) is 10.2 Å². The van der Waals surface area contributed by atoms with E-state index >= 15 is 0 Å². The van der Waals surface area contributed by atoms with Crippen molar-refractivity contribution in [3.8, 4) is 11.5 Å². The van der Waals surface area contributed by atoms with Crippen LogP contribution in [0.5, 0.6) is 11.5 Å². The van der Waals surface area contributed by atoms with Gasteiger partial charge in [0, 0.05) is 13.1 Å². The lowest BCUT2D eigenvalue weighted by molar-refractivity contribution is -0.118. The molecular weight excluding hydrogens is 386 g/mol. The number of ether oxygens (including phenoxy) is 2. The third-order valence-corrected chi connectivity index (χ3v) is 5.53. The van der Waals surface area contributed by atoms with Crippen molar-refractivity contribution in [2.45, 2.75) is 13.3 Å². The topological polar surface area (TPSA) is 54.9 Å². The second-order valence-corrected chi connectivity index (χ2v) is 7.91. The molecule has 154 valence electrons. The molecule has 0 bridgehead atoms. The number of carbonyl (C=O) groups excluding carboxylic acids is 1. The van der Waals surface area contributed by atoms with Crippen molar-refractivity contribution in [2.75, 3.05) is 45.8 Å². The van der Waals surface area contributed by atoms with Gasteiger partial charge in [-0.25, -0.2) is 4.98 Å². The summed E-state index contributed by atoms with van der Waals surface area (Å²) >= 11 is 1.51. The Morgan fingerprint density at radius 3 is 2.52 bits per heavy atom. The van der Waals surface area contributed by atoms with Crippen LogP contribution < -0.4 is 14.4 Å². The number of fused-ring (bicyclic) bond motifs is 1. The zero-order valence-corrected chi connectivity index (χ0v) is 18.2. The van der Waals surface area contributed by atoms with Crippen LogP contribution in [0, 0.1) is 0 Å². The van der Waals surface area contributed by atoms with Crippen LogP contribution >= 0.6 is 11.3 Å². The van der Waals surface area contributed by atoms with Gasteiger partial charge in [-0.1, -0.05) is 29.5 Å². The lowest BCUT2D eigenvalue weighted by Crippen LogP contribution is -2.37. The minimum absolute atomic E-state index is 0.0223. The number of rotatable bonds is 9. The molecule has 0 spiro atoms. The molecule has 1 aromatic heterocycles. The smallest absolute Gasteiger partial charge is 0.233 e. The van der Waals surface area contributed by atoms with Gasteiger partial charge in [-0.3, -0.25) is 9.69 Å². The predicted molar refractivity (Wildman–Crippen MR) is 118 cm³/mol. The Morgan fingerprint density at radius 2 is 1.86 bits per heavy atom. The van der Waals surface area contributed by atoms with E-state index in [2.05, 4.69) is 4.90 Å². The average molecular weight is 414 g/mol. The first-order chi connectivity index (χ1) is 14.0. The molecular formula is C22H27N3O3S. The van der Waals surface area contributed by atoms with Gasteiger partial charge in [0.1, 0.15) is 17.0 Å². The van der Waals surface area contributed by atoms with E-state index in [1.54, 1.807) is 12.0 Å². The third-order valence-electron chi connectivity index (χ3n) is 4.48. The van der Waals surface area contributed by atoms with Crippen LogP contribution in [0.4, 0.5) is 5.13 Å². The van der Waals surface area contributed by atoms with Crippen molar-refractivity contribution in [2.24, 2.45) is 0 Å². The van der Waals surface area contributed by atoms with Gasteiger partial charge < -0.3 is 14.4 Å². The number of para-hydroxylation sites is 1. The Labute approximate surface area is 175 Å². The fourth-order valence-corrected chi connectivity index (χ4v) is 3.99. The monoisotopic (exact) mass is 413 g/mol. The minimum atomic E-state index is 0.0223. The van der Waals surface area contributed by atoms with Crippen molar-refractivity contribution < 1.29 is 14.3 Å². The van der Waals surface area contributed by atoms with Crippen molar-refractivity contribution in [1.82, 2.24) is 9.88 Å². The van der Waals surface area contributed by atoms with E-state index in [-0.39, 0.29) is 5.91 Å². The molecule has 0 fully saturated rings. The normalized spacial score (nSPS) is 11.1. The van der Waals surface area contributed by atoms with Gasteiger partial charge in [0.25, 0.3) is 0 Å². The lowest BCUT2D eigenvalue weighted by atomic mass is 10.1. The van der Waals surface area contributed by atoms with E-state index in [1.807, 2.05) is 63.5 Å². The van der Waals surface area contributed by atoms with Crippen LogP contribution in [0.2, 0.25) is 0 Å². The van der Waals surface area contributed by atoms with Crippen LogP contribution in [0.3, 0.4) is 0 Å². The molecule has 6 nitrogen and oxygen atoms in total. The molecule has 1 heterocycles. The van der Waals surface area contributed by atoms with Crippen molar-refractivity contribution in [3.63, 3.8) is 0 Å². The molecule has 1 amide bonds. The molecule has 29 heavy (non-hydrogen) atoms. The molecule has 3 aromatic rings. The first-order valence-electron chi connectivity index (χ1n) is 9.62. The molecule has 0 aliphatic heterocycles. The van der Waals surface area contributed by atoms with E-state index in [9.17, 15) is 4.79 Å². The largest absolute Gasteiger partial charge is 0.494 e. The quantitative estimate of drug-likeness (QED) is 0.533. The number of likely N-dealkylation sites (N-methyl/N-ethyl adjacent to an activating group) is 1. The van der Waals surface area contributed by atoms with E-state index in [0.29, 0.717) is 24.7 Å². The molecule has 0 N–H and O–H groups in total. The molecule has 0 saturated carbocycles. The highest BCUT2D eigenvalue weighted by molar-refractivity contribution is 7.22. The fraction of sp³-hybridized carbons (Fsp3) is 0.364. The highest BCUT2D eigenvalue weighted by Gasteiger charge is 2.21. The van der Waals surface area contributed by atoms with Crippen molar-refractivity contribution >= 4 is 32.6 Å². The molecule has 0 unspecified atom stereocenters. The number of amides is 1. The Hall–Kier alpha value is -2.64. The van der Waals surface area contributed by atoms with Gasteiger partial charge in [0.05, 0.1) is 24.8 Å². The van der Waals surface area contributed by atoms with E-state index in [1.165, 1.54) is 11.3 Å². The van der Waals surface area contributed by atoms with Crippen molar-refractivity contribution in [3.05, 3.63) is 48.0 Å². The molecule has 0 saturated heterocycles. The summed E-state index contributed by atoms with van der Waals surface area (Å²) in [6, 6.07) is 13.5. The number of thiazole rings is 1. The summed E-state index contributed by atoms with van der Waals surface area (Å²) in [6.45, 7) is 3.90. The Kier molecular flexibility index (Phi) is 7.06. The van der Waals surface area contributed by atoms with E-state index in [0.717, 1.165) is 33.8 Å². The number of hydrogen-bond donors (Lipinski definition) is 0. The van der Waals surface area contributed by atoms with Gasteiger partial charge in [-0.05, 0) is 50.8 Å². The SMILES string of the molecule is CCOc1ccc(CC(=O)N(CCN(C)C)c2nc3c(OC)cccc3s2)cc1. The molecule has 0 aliphatic rings. The number of methoxy groups -OCH3 is 1. The molecule has 7 heteroatoms. The number of benzene rings is 2. The maximum absolute atomic E-state index is 13.2. The number of anilines is 1. The van der Waals surface area contributed by atoms with Crippen LogP contribution in [-0.2, 0) is 11.2 Å². The summed E-state index contributed by atoms with van der Waals surface area (Å²) in [4.78, 5) is 21.7. The summed E-state index contributed by atoms with van der Waals surface area (Å²) in [7, 11) is 5.63. The average Bonchev–Trinajstić information content (AvgIpc) is 3.13. The Bertz CT molecular complexity index is 954. The molecule has 2 aromatic carbocycles. The second kappa shape index (κ2) is 9.71. The zero-order chi connectivity index (χ0) is 20.8. The highest BCUT2D eigenvalue weighted by atomic mass is 32.1. The second-order valence-electron chi connectivity index (χ2n) is 6.91. The minimum Gasteiger partial charge on any atom is -0.494 e. The first kappa shape index (κ1) is 21.1. The number of nitrogens with zero attached hydrogens (tertiary/aromatic N) is 3. The molecule has 0 radical (unpaired) electrons. The predicted octanol–water partition coefficient (Wildman–Crippen LogP) is 3.84. The van der Waals surface area contributed by atoms with Gasteiger partial charge in [0.2, 0.25) is 5.91 Å². The summed E-state index contributed by atoms with van der Waals surface area (Å²) in [5.74, 6) is 1.55. The Balaban J connectivity index is 1.85. The summed E-state index contributed by atoms with van der Waals surface area (Å²) in [5.41, 5.74) is 1.74. The number of carbonyl (C=O) groups is 1. The van der Waals surface area contributed by atoms with Crippen LogP contribution in [0.1, 0.15) is 12.5 Å². The van der Waals surface area contributed by atoms with Gasteiger partial charge >= 0.3 is 0 Å². The lowest BCUT2D eigenvalue weighted by Gasteiger charge is -2.22. The Morgan fingerprint density at radius 1 is 1.10 bits per heavy atom. The maximum Gasteiger partial charge on any atom is 0.233 e. The first-order valence-corrected chi connectivity index (χ1v) is 10.4. The van der Waals surface area contributed by atoms with Crippen LogP contribution in [0.15, 0.2) is 42.5 Å². The molecule has 0 atom stereocenters.